The lowest BCUT2D eigenvalue weighted by molar-refractivity contribution is -0.132. The van der Waals surface area contributed by atoms with E-state index in [1.54, 1.807) is 19.1 Å². The van der Waals surface area contributed by atoms with Crippen molar-refractivity contribution >= 4 is 11.6 Å². The van der Waals surface area contributed by atoms with Crippen LogP contribution in [0.25, 0.3) is 5.69 Å². The molecule has 2 heterocycles. The first kappa shape index (κ1) is 24.0. The van der Waals surface area contributed by atoms with Crippen LogP contribution in [0.4, 0.5) is 0 Å². The highest BCUT2D eigenvalue weighted by Gasteiger charge is 2.36. The number of ether oxygens (including phenoxy) is 1. The Balaban J connectivity index is 1.87. The molecule has 3 aromatic rings. The Bertz CT molecular complexity index is 1420. The third-order valence-corrected chi connectivity index (χ3v) is 5.89. The average molecular weight is 477 g/mol. The molecule has 0 fully saturated rings. The molecule has 0 spiro atoms. The minimum absolute atomic E-state index is 0.144. The molecule has 9 heteroatoms. The van der Waals surface area contributed by atoms with Crippen molar-refractivity contribution in [1.29, 1.82) is 0 Å². The molecule has 1 amide bonds. The quantitative estimate of drug-likeness (QED) is 0.566. The summed E-state index contributed by atoms with van der Waals surface area (Å²) in [7, 11) is 0. The predicted octanol–water partition coefficient (Wildman–Crippen LogP) is 3.33. The number of para-hydroxylation sites is 1. The number of hydrogen-bond acceptors (Lipinski definition) is 6. The van der Waals surface area contributed by atoms with Gasteiger partial charge in [0.25, 0.3) is 5.56 Å². The van der Waals surface area contributed by atoms with Crippen molar-refractivity contribution in [3.05, 3.63) is 85.6 Å². The molecular weight excluding hydrogens is 448 g/mol. The van der Waals surface area contributed by atoms with Crippen LogP contribution >= 0.6 is 0 Å². The number of aromatic amines is 1. The van der Waals surface area contributed by atoms with Crippen LogP contribution in [0, 0.1) is 13.8 Å². The van der Waals surface area contributed by atoms with Gasteiger partial charge in [-0.15, -0.1) is 0 Å². The van der Waals surface area contributed by atoms with Gasteiger partial charge in [0.05, 0.1) is 24.0 Å². The lowest BCUT2D eigenvalue weighted by Crippen LogP contribution is -2.33. The molecule has 1 aromatic heterocycles. The number of benzene rings is 2. The summed E-state index contributed by atoms with van der Waals surface area (Å²) < 4.78 is 6.81. The van der Waals surface area contributed by atoms with E-state index in [2.05, 4.69) is 10.1 Å². The number of hydrazone groups is 1. The van der Waals surface area contributed by atoms with Crippen molar-refractivity contribution in [3.8, 4) is 17.3 Å². The van der Waals surface area contributed by atoms with Crippen LogP contribution in [0.5, 0.6) is 11.6 Å². The molecule has 0 radical (unpaired) electrons. The molecule has 0 saturated carbocycles. The molecule has 9 nitrogen and oxygen atoms in total. The van der Waals surface area contributed by atoms with Gasteiger partial charge in [0.15, 0.2) is 0 Å². The molecule has 2 N–H and O–H groups in total. The number of nitrogens with one attached hydrogen (secondary N) is 1. The highest BCUT2D eigenvalue weighted by atomic mass is 16.5. The number of carbonyl (C=O) groups excluding carboxylic acids is 1. The molecule has 4 rings (SSSR count). The zero-order valence-electron chi connectivity index (χ0n) is 20.2. The maximum atomic E-state index is 12.9. The predicted molar refractivity (Wildman–Crippen MR) is 132 cm³/mol. The zero-order valence-corrected chi connectivity index (χ0v) is 20.2. The van der Waals surface area contributed by atoms with E-state index in [0.717, 1.165) is 21.3 Å². The van der Waals surface area contributed by atoms with Gasteiger partial charge in [-0.1, -0.05) is 31.2 Å². The summed E-state index contributed by atoms with van der Waals surface area (Å²) in [4.78, 5) is 40.7. The second kappa shape index (κ2) is 9.61. The number of aryl methyl sites for hydroxylation is 2. The second-order valence-corrected chi connectivity index (χ2v) is 8.47. The Labute approximate surface area is 202 Å². The zero-order chi connectivity index (χ0) is 25.3. The van der Waals surface area contributed by atoms with Crippen LogP contribution in [0.15, 0.2) is 57.2 Å². The van der Waals surface area contributed by atoms with E-state index in [4.69, 9.17) is 4.74 Å². The highest BCUT2D eigenvalue weighted by molar-refractivity contribution is 6.04. The largest absolute Gasteiger partial charge is 0.494 e. The van der Waals surface area contributed by atoms with Crippen molar-refractivity contribution in [1.82, 2.24) is 14.6 Å². The van der Waals surface area contributed by atoms with Gasteiger partial charge in [0.2, 0.25) is 11.8 Å². The summed E-state index contributed by atoms with van der Waals surface area (Å²) in [5, 5.41) is 16.9. The molecule has 1 aliphatic rings. The van der Waals surface area contributed by atoms with Crippen LogP contribution in [0.2, 0.25) is 0 Å². The summed E-state index contributed by atoms with van der Waals surface area (Å²) in [6, 6.07) is 12.2. The standard InChI is InChI=1S/C26H28N4O5/c1-5-22(31)30-20(18-9-7-8-10-21(18)35-6-2)14-19(28-30)23-24(32)27-26(34)29(25(23)33)17-12-15(3)11-16(4)13-17/h7-13,20,33H,5-6,14H2,1-4H3,(H,27,32,34)/t20-/m1/s1. The van der Waals surface area contributed by atoms with Crippen LogP contribution < -0.4 is 16.0 Å². The molecule has 0 aliphatic carbocycles. The maximum absolute atomic E-state index is 12.9. The van der Waals surface area contributed by atoms with Crippen molar-refractivity contribution in [2.75, 3.05) is 6.61 Å². The first-order valence-corrected chi connectivity index (χ1v) is 11.5. The van der Waals surface area contributed by atoms with E-state index < -0.39 is 23.2 Å². The van der Waals surface area contributed by atoms with Gasteiger partial charge in [-0.25, -0.2) is 14.4 Å². The summed E-state index contributed by atoms with van der Waals surface area (Å²) in [6.07, 6.45) is 0.367. The Morgan fingerprint density at radius 3 is 2.49 bits per heavy atom. The average Bonchev–Trinajstić information content (AvgIpc) is 3.23. The topological polar surface area (TPSA) is 117 Å². The fraction of sp³-hybridized carbons (Fsp3) is 0.308. The van der Waals surface area contributed by atoms with E-state index in [0.29, 0.717) is 18.0 Å². The van der Waals surface area contributed by atoms with Gasteiger partial charge in [-0.2, -0.15) is 5.10 Å². The first-order valence-electron chi connectivity index (χ1n) is 11.5. The Morgan fingerprint density at radius 1 is 1.14 bits per heavy atom. The number of aromatic hydroxyl groups is 1. The molecule has 2 aromatic carbocycles. The normalized spacial score (nSPS) is 15.3. The van der Waals surface area contributed by atoms with E-state index >= 15 is 0 Å². The number of hydrogen-bond donors (Lipinski definition) is 2. The number of nitrogens with zero attached hydrogens (tertiary/aromatic N) is 3. The molecule has 0 saturated heterocycles. The second-order valence-electron chi connectivity index (χ2n) is 8.47. The molecular formula is C26H28N4O5. The van der Waals surface area contributed by atoms with E-state index in [1.165, 1.54) is 5.01 Å². The number of amides is 1. The Kier molecular flexibility index (Phi) is 6.59. The molecule has 1 aliphatic heterocycles. The van der Waals surface area contributed by atoms with E-state index in [-0.39, 0.29) is 30.0 Å². The molecule has 1 atom stereocenters. The summed E-state index contributed by atoms with van der Waals surface area (Å²) >= 11 is 0. The fourth-order valence-corrected chi connectivity index (χ4v) is 4.44. The molecule has 35 heavy (non-hydrogen) atoms. The number of H-pyrrole nitrogens is 1. The Morgan fingerprint density at radius 2 is 1.83 bits per heavy atom. The summed E-state index contributed by atoms with van der Waals surface area (Å²) in [6.45, 7) is 7.80. The smallest absolute Gasteiger partial charge is 0.335 e. The van der Waals surface area contributed by atoms with Gasteiger partial charge >= 0.3 is 5.69 Å². The van der Waals surface area contributed by atoms with Gasteiger partial charge < -0.3 is 9.84 Å². The molecule has 182 valence electrons. The maximum Gasteiger partial charge on any atom is 0.335 e. The van der Waals surface area contributed by atoms with Gasteiger partial charge in [-0.3, -0.25) is 14.6 Å². The fourth-order valence-electron chi connectivity index (χ4n) is 4.44. The lowest BCUT2D eigenvalue weighted by Gasteiger charge is -2.23. The minimum atomic E-state index is -0.769. The monoisotopic (exact) mass is 476 g/mol. The van der Waals surface area contributed by atoms with Crippen molar-refractivity contribution in [2.45, 2.75) is 46.6 Å². The van der Waals surface area contributed by atoms with Gasteiger partial charge in [0.1, 0.15) is 11.3 Å². The Hall–Kier alpha value is -4.14. The van der Waals surface area contributed by atoms with Crippen molar-refractivity contribution < 1.29 is 14.6 Å². The molecule has 0 unspecified atom stereocenters. The van der Waals surface area contributed by atoms with Crippen LogP contribution in [0.3, 0.4) is 0 Å². The van der Waals surface area contributed by atoms with E-state index in [1.807, 2.05) is 51.1 Å². The van der Waals surface area contributed by atoms with Crippen molar-refractivity contribution in [3.63, 3.8) is 0 Å². The number of rotatable bonds is 6. The van der Waals surface area contributed by atoms with E-state index in [9.17, 15) is 19.5 Å². The summed E-state index contributed by atoms with van der Waals surface area (Å²) in [5.74, 6) is -0.149. The third kappa shape index (κ3) is 4.49. The third-order valence-electron chi connectivity index (χ3n) is 5.89. The van der Waals surface area contributed by atoms with Crippen LogP contribution in [0.1, 0.15) is 55.0 Å². The van der Waals surface area contributed by atoms with Crippen LogP contribution in [-0.2, 0) is 4.79 Å². The minimum Gasteiger partial charge on any atom is -0.494 e. The lowest BCUT2D eigenvalue weighted by atomic mass is 9.98. The SMILES string of the molecule is CCOc1ccccc1[C@H]1CC(c2c(O)n(-c3cc(C)cc(C)c3)c(=O)[nH]c2=O)=NN1C(=O)CC. The van der Waals surface area contributed by atoms with Gasteiger partial charge in [-0.05, 0) is 50.1 Å². The number of aromatic nitrogens is 2. The van der Waals surface area contributed by atoms with Crippen molar-refractivity contribution in [2.24, 2.45) is 5.10 Å². The van der Waals surface area contributed by atoms with Crippen LogP contribution in [-0.4, -0.2) is 37.9 Å². The van der Waals surface area contributed by atoms with Gasteiger partial charge in [0, 0.05) is 18.4 Å². The highest BCUT2D eigenvalue weighted by Crippen LogP contribution is 2.38. The summed E-state index contributed by atoms with van der Waals surface area (Å²) in [5.41, 5.74) is 1.48. The first-order chi connectivity index (χ1) is 16.7. The molecule has 0 bridgehead atoms. The number of carbonyl (C=O) groups is 1.